The van der Waals surface area contributed by atoms with Crippen LogP contribution in [0.3, 0.4) is 0 Å². The molecule has 0 N–H and O–H groups in total. The minimum atomic E-state index is -0.351. The molecule has 0 saturated carbocycles. The quantitative estimate of drug-likeness (QED) is 0.622. The third-order valence-corrected chi connectivity index (χ3v) is 3.25. The molecule has 19 heavy (non-hydrogen) atoms. The van der Waals surface area contributed by atoms with E-state index in [1.807, 2.05) is 30.3 Å². The van der Waals surface area contributed by atoms with Crippen LogP contribution in [0.2, 0.25) is 0 Å². The zero-order valence-electron chi connectivity index (χ0n) is 10.6. The second-order valence-electron chi connectivity index (χ2n) is 4.48. The standard InChI is InChI=1S/C16H14O3/c1-18-13-9-7-11(8-10-13)14(17)16-15(19-16)12-5-3-2-4-6-12/h2-10,15-16H,1H3. The maximum atomic E-state index is 12.2. The van der Waals surface area contributed by atoms with E-state index in [4.69, 9.17) is 9.47 Å². The smallest absolute Gasteiger partial charge is 0.194 e. The van der Waals surface area contributed by atoms with Crippen molar-refractivity contribution in [3.8, 4) is 5.75 Å². The summed E-state index contributed by atoms with van der Waals surface area (Å²) < 4.78 is 10.6. The predicted molar refractivity (Wildman–Crippen MR) is 71.4 cm³/mol. The number of ketones is 1. The molecule has 1 aliphatic rings. The van der Waals surface area contributed by atoms with Gasteiger partial charge in [0.1, 0.15) is 11.9 Å². The van der Waals surface area contributed by atoms with Crippen molar-refractivity contribution < 1.29 is 14.3 Å². The van der Waals surface area contributed by atoms with Gasteiger partial charge in [0.25, 0.3) is 0 Å². The van der Waals surface area contributed by atoms with E-state index in [-0.39, 0.29) is 18.0 Å². The maximum Gasteiger partial charge on any atom is 0.194 e. The molecule has 0 aliphatic carbocycles. The third-order valence-electron chi connectivity index (χ3n) is 3.25. The number of benzene rings is 2. The van der Waals surface area contributed by atoms with Gasteiger partial charge in [-0.3, -0.25) is 4.79 Å². The number of carbonyl (C=O) groups excluding carboxylic acids is 1. The molecule has 2 aromatic rings. The normalized spacial score (nSPS) is 20.9. The molecule has 0 radical (unpaired) electrons. The summed E-state index contributed by atoms with van der Waals surface area (Å²) in [6.45, 7) is 0. The highest BCUT2D eigenvalue weighted by Gasteiger charge is 2.45. The number of Topliss-reactive ketones (excluding diaryl/α,β-unsaturated/α-hetero) is 1. The summed E-state index contributed by atoms with van der Waals surface area (Å²) in [5, 5.41) is 0. The Labute approximate surface area is 111 Å². The second kappa shape index (κ2) is 4.86. The summed E-state index contributed by atoms with van der Waals surface area (Å²) in [5.41, 5.74) is 1.71. The average molecular weight is 254 g/mol. The van der Waals surface area contributed by atoms with Crippen molar-refractivity contribution in [2.45, 2.75) is 12.2 Å². The fourth-order valence-corrected chi connectivity index (χ4v) is 2.13. The lowest BCUT2D eigenvalue weighted by Gasteiger charge is -2.01. The monoisotopic (exact) mass is 254 g/mol. The zero-order valence-corrected chi connectivity index (χ0v) is 10.6. The molecule has 3 heteroatoms. The molecule has 1 fully saturated rings. The summed E-state index contributed by atoms with van der Waals surface area (Å²) in [5.74, 6) is 0.768. The Morgan fingerprint density at radius 2 is 1.74 bits per heavy atom. The Morgan fingerprint density at radius 3 is 2.37 bits per heavy atom. The average Bonchev–Trinajstić information content (AvgIpc) is 3.28. The highest BCUT2D eigenvalue weighted by Crippen LogP contribution is 2.40. The zero-order chi connectivity index (χ0) is 13.2. The number of ether oxygens (including phenoxy) is 2. The Kier molecular flexibility index (Phi) is 3.05. The van der Waals surface area contributed by atoms with E-state index in [1.54, 1.807) is 31.4 Å². The van der Waals surface area contributed by atoms with Gasteiger partial charge in [-0.15, -0.1) is 0 Å². The van der Waals surface area contributed by atoms with Gasteiger partial charge in [-0.2, -0.15) is 0 Å². The minimum Gasteiger partial charge on any atom is -0.497 e. The molecule has 0 amide bonds. The molecular formula is C16H14O3. The first-order valence-corrected chi connectivity index (χ1v) is 6.18. The number of methoxy groups -OCH3 is 1. The minimum absolute atomic E-state index is 0.0245. The van der Waals surface area contributed by atoms with Gasteiger partial charge in [0.05, 0.1) is 7.11 Å². The van der Waals surface area contributed by atoms with Crippen LogP contribution in [0.5, 0.6) is 5.75 Å². The van der Waals surface area contributed by atoms with E-state index >= 15 is 0 Å². The van der Waals surface area contributed by atoms with Crippen LogP contribution in [-0.4, -0.2) is 19.0 Å². The Balaban J connectivity index is 1.72. The molecule has 2 atom stereocenters. The van der Waals surface area contributed by atoms with Crippen LogP contribution >= 0.6 is 0 Å². The van der Waals surface area contributed by atoms with Crippen LogP contribution in [0.15, 0.2) is 54.6 Å². The predicted octanol–water partition coefficient (Wildman–Crippen LogP) is 3.02. The maximum absolute atomic E-state index is 12.2. The lowest BCUT2D eigenvalue weighted by atomic mass is 10.0. The number of epoxide rings is 1. The van der Waals surface area contributed by atoms with Crippen LogP contribution in [0, 0.1) is 0 Å². The van der Waals surface area contributed by atoms with Crippen LogP contribution in [0.25, 0.3) is 0 Å². The molecule has 1 heterocycles. The first-order valence-electron chi connectivity index (χ1n) is 6.18. The van der Waals surface area contributed by atoms with Gasteiger partial charge >= 0.3 is 0 Å². The van der Waals surface area contributed by atoms with Gasteiger partial charge < -0.3 is 9.47 Å². The molecule has 2 aromatic carbocycles. The fourth-order valence-electron chi connectivity index (χ4n) is 2.13. The lowest BCUT2D eigenvalue weighted by molar-refractivity contribution is 0.0953. The van der Waals surface area contributed by atoms with E-state index in [0.717, 1.165) is 11.3 Å². The van der Waals surface area contributed by atoms with E-state index in [2.05, 4.69) is 0 Å². The topological polar surface area (TPSA) is 38.8 Å². The van der Waals surface area contributed by atoms with Crippen LogP contribution in [-0.2, 0) is 4.74 Å². The number of hydrogen-bond donors (Lipinski definition) is 0. The Hall–Kier alpha value is -2.13. The van der Waals surface area contributed by atoms with Crippen molar-refractivity contribution in [3.05, 3.63) is 65.7 Å². The largest absolute Gasteiger partial charge is 0.497 e. The summed E-state index contributed by atoms with van der Waals surface area (Å²) in [4.78, 5) is 12.2. The molecule has 2 unspecified atom stereocenters. The number of hydrogen-bond acceptors (Lipinski definition) is 3. The molecule has 3 rings (SSSR count). The van der Waals surface area contributed by atoms with E-state index in [1.165, 1.54) is 0 Å². The van der Waals surface area contributed by atoms with Crippen LogP contribution < -0.4 is 4.74 Å². The highest BCUT2D eigenvalue weighted by molar-refractivity contribution is 6.01. The summed E-state index contributed by atoms with van der Waals surface area (Å²) in [6, 6.07) is 16.9. The Bertz CT molecular complexity index is 575. The van der Waals surface area contributed by atoms with Gasteiger partial charge in [0.2, 0.25) is 0 Å². The van der Waals surface area contributed by atoms with Gasteiger partial charge in [-0.1, -0.05) is 30.3 Å². The van der Waals surface area contributed by atoms with Crippen molar-refractivity contribution >= 4 is 5.78 Å². The number of rotatable bonds is 4. The summed E-state index contributed by atoms with van der Waals surface area (Å²) in [7, 11) is 1.60. The van der Waals surface area contributed by atoms with Crippen molar-refractivity contribution in [1.29, 1.82) is 0 Å². The SMILES string of the molecule is COc1ccc(C(=O)C2OC2c2ccccc2)cc1. The fraction of sp³-hybridized carbons (Fsp3) is 0.188. The van der Waals surface area contributed by atoms with Crippen LogP contribution in [0.1, 0.15) is 22.0 Å². The molecule has 0 spiro atoms. The number of carbonyl (C=O) groups is 1. The molecule has 96 valence electrons. The highest BCUT2D eigenvalue weighted by atomic mass is 16.6. The van der Waals surface area contributed by atoms with Crippen LogP contribution in [0.4, 0.5) is 0 Å². The van der Waals surface area contributed by atoms with E-state index in [9.17, 15) is 4.79 Å². The molecule has 0 bridgehead atoms. The summed E-state index contributed by atoms with van der Waals surface area (Å²) >= 11 is 0. The molecule has 0 aromatic heterocycles. The molecular weight excluding hydrogens is 240 g/mol. The lowest BCUT2D eigenvalue weighted by Crippen LogP contribution is -2.08. The molecule has 1 saturated heterocycles. The first kappa shape index (κ1) is 11.9. The van der Waals surface area contributed by atoms with Gasteiger partial charge in [0, 0.05) is 5.56 Å². The van der Waals surface area contributed by atoms with Crippen molar-refractivity contribution in [1.82, 2.24) is 0 Å². The van der Waals surface area contributed by atoms with Gasteiger partial charge in [-0.05, 0) is 29.8 Å². The Morgan fingerprint density at radius 1 is 1.05 bits per heavy atom. The summed E-state index contributed by atoms with van der Waals surface area (Å²) in [6.07, 6.45) is -0.452. The van der Waals surface area contributed by atoms with E-state index < -0.39 is 0 Å². The van der Waals surface area contributed by atoms with Gasteiger partial charge in [0.15, 0.2) is 11.9 Å². The molecule has 1 aliphatic heterocycles. The second-order valence-corrected chi connectivity index (χ2v) is 4.48. The molecule has 3 nitrogen and oxygen atoms in total. The van der Waals surface area contributed by atoms with Crippen molar-refractivity contribution in [2.75, 3.05) is 7.11 Å². The van der Waals surface area contributed by atoms with Gasteiger partial charge in [-0.25, -0.2) is 0 Å². The van der Waals surface area contributed by atoms with Crippen molar-refractivity contribution in [3.63, 3.8) is 0 Å². The van der Waals surface area contributed by atoms with E-state index in [0.29, 0.717) is 5.56 Å². The van der Waals surface area contributed by atoms with Crippen molar-refractivity contribution in [2.24, 2.45) is 0 Å². The first-order chi connectivity index (χ1) is 9.29. The third kappa shape index (κ3) is 2.37.